The van der Waals surface area contributed by atoms with Gasteiger partial charge in [0, 0.05) is 24.9 Å². The van der Waals surface area contributed by atoms with Gasteiger partial charge in [-0.1, -0.05) is 17.4 Å². The number of nitrogens with one attached hydrogen (secondary N) is 2. The highest BCUT2D eigenvalue weighted by atomic mass is 32.1. The van der Waals surface area contributed by atoms with Gasteiger partial charge in [-0.2, -0.15) is 23.2 Å². The Morgan fingerprint density at radius 3 is 2.63 bits per heavy atom. The van der Waals surface area contributed by atoms with Gasteiger partial charge < -0.3 is 15.4 Å². The third-order valence-electron chi connectivity index (χ3n) is 4.41. The van der Waals surface area contributed by atoms with Gasteiger partial charge >= 0.3 is 5.97 Å². The van der Waals surface area contributed by atoms with Gasteiger partial charge in [0.2, 0.25) is 5.91 Å². The second-order valence-corrected chi connectivity index (χ2v) is 9.19. The van der Waals surface area contributed by atoms with E-state index in [1.807, 2.05) is 12.1 Å². The minimum absolute atomic E-state index is 0.194. The number of hydrogen-bond donors (Lipinski definition) is 3. The molecule has 2 N–H and O–H groups in total. The molecule has 1 aromatic carbocycles. The smallest absolute Gasteiger partial charge is 0.350 e. The van der Waals surface area contributed by atoms with Crippen molar-refractivity contribution in [3.63, 3.8) is 0 Å². The number of nitrogens with zero attached hydrogens (tertiary/aromatic N) is 4. The number of esters is 1. The van der Waals surface area contributed by atoms with Crippen LogP contribution in [0, 0.1) is 29.6 Å². The van der Waals surface area contributed by atoms with E-state index in [4.69, 9.17) is 15.3 Å². The number of thiazole rings is 1. The third-order valence-corrected chi connectivity index (χ3v) is 5.85. The zero-order valence-electron chi connectivity index (χ0n) is 19.8. The van der Waals surface area contributed by atoms with Crippen molar-refractivity contribution in [2.45, 2.75) is 52.0 Å². The van der Waals surface area contributed by atoms with E-state index in [9.17, 15) is 9.59 Å². The molecule has 2 heterocycles. The topological polar surface area (TPSA) is 141 Å². The number of amides is 1. The molecular weight excluding hydrogens is 484 g/mol. The molecule has 0 aliphatic heterocycles. The van der Waals surface area contributed by atoms with Crippen molar-refractivity contribution in [1.29, 1.82) is 10.5 Å². The summed E-state index contributed by atoms with van der Waals surface area (Å²) in [6.07, 6.45) is 2.07. The lowest BCUT2D eigenvalue weighted by Gasteiger charge is -2.15. The molecule has 35 heavy (non-hydrogen) atoms. The van der Waals surface area contributed by atoms with Gasteiger partial charge in [-0.05, 0) is 50.8 Å². The Morgan fingerprint density at radius 2 is 1.97 bits per heavy atom. The Balaban J connectivity index is 0.00000137. The molecule has 1 amide bonds. The monoisotopic (exact) mass is 510 g/mol. The average Bonchev–Trinajstić information content (AvgIpc) is 3.17. The third kappa shape index (κ3) is 8.25. The van der Waals surface area contributed by atoms with Crippen LogP contribution in [0.2, 0.25) is 0 Å². The van der Waals surface area contributed by atoms with Gasteiger partial charge in [-0.25, -0.2) is 14.8 Å². The van der Waals surface area contributed by atoms with E-state index >= 15 is 0 Å². The predicted molar refractivity (Wildman–Crippen MR) is 139 cm³/mol. The van der Waals surface area contributed by atoms with Crippen LogP contribution in [0.1, 0.15) is 54.5 Å². The molecule has 0 radical (unpaired) electrons. The van der Waals surface area contributed by atoms with Crippen molar-refractivity contribution in [1.82, 2.24) is 9.97 Å². The van der Waals surface area contributed by atoms with Gasteiger partial charge in [0.15, 0.2) is 5.13 Å². The number of rotatable bonds is 8. The zero-order chi connectivity index (χ0) is 26.0. The maximum atomic E-state index is 12.4. The number of pyridine rings is 1. The molecule has 0 aliphatic carbocycles. The van der Waals surface area contributed by atoms with Gasteiger partial charge in [-0.15, -0.1) is 0 Å². The molecule has 1 unspecified atom stereocenters. The van der Waals surface area contributed by atoms with E-state index in [1.165, 1.54) is 6.92 Å². The number of benzene rings is 1. The quantitative estimate of drug-likeness (QED) is 0.217. The lowest BCUT2D eigenvalue weighted by atomic mass is 10.1. The average molecular weight is 511 g/mol. The summed E-state index contributed by atoms with van der Waals surface area (Å²) in [7, 11) is 0. The van der Waals surface area contributed by atoms with Gasteiger partial charge in [-0.3, -0.25) is 4.79 Å². The van der Waals surface area contributed by atoms with Crippen LogP contribution in [-0.4, -0.2) is 33.3 Å². The largest absolute Gasteiger partial charge is 0.459 e. The Morgan fingerprint density at radius 1 is 1.26 bits per heavy atom. The summed E-state index contributed by atoms with van der Waals surface area (Å²) in [5.74, 6) is -0.0813. The Kier molecular flexibility index (Phi) is 10.5. The molecule has 182 valence electrons. The standard InChI is InChI=1S/C22H23N5O3S2.C2H3N/c1-12(2)30-21(29)19-13(3)25-22(32-19)26-17(28)6-7-18(31)27-20-16-10-14(11-23)4-5-15(16)8-9-24-20;1-2-3/h4-5,8-10,12,18,31H,6-7H2,1-3H3,(H,24,27)(H,25,26,28);1H3. The maximum absolute atomic E-state index is 12.4. The van der Waals surface area contributed by atoms with Crippen molar-refractivity contribution < 1.29 is 14.3 Å². The molecule has 3 rings (SSSR count). The van der Waals surface area contributed by atoms with E-state index < -0.39 is 5.97 Å². The molecule has 0 bridgehead atoms. The molecule has 2 aromatic heterocycles. The minimum Gasteiger partial charge on any atom is -0.459 e. The number of nitriles is 2. The van der Waals surface area contributed by atoms with E-state index in [0.29, 0.717) is 33.5 Å². The molecule has 0 aliphatic rings. The van der Waals surface area contributed by atoms with Gasteiger partial charge in [0.25, 0.3) is 0 Å². The Bertz CT molecular complexity index is 1280. The molecule has 1 atom stereocenters. The van der Waals surface area contributed by atoms with Crippen LogP contribution < -0.4 is 10.6 Å². The molecule has 0 spiro atoms. The fourth-order valence-corrected chi connectivity index (χ4v) is 4.06. The predicted octanol–water partition coefficient (Wildman–Crippen LogP) is 5.05. The molecule has 11 heteroatoms. The fraction of sp³-hybridized carbons (Fsp3) is 0.333. The Hall–Kier alpha value is -3.67. The molecule has 0 saturated heterocycles. The number of thiol groups is 1. The van der Waals surface area contributed by atoms with Crippen molar-refractivity contribution in [3.8, 4) is 12.1 Å². The molecule has 0 fully saturated rings. The molecule has 0 saturated carbocycles. The number of hydrogen-bond acceptors (Lipinski definition) is 10. The normalized spacial score (nSPS) is 11.0. The summed E-state index contributed by atoms with van der Waals surface area (Å²) in [5, 5.41) is 24.2. The minimum atomic E-state index is -0.447. The first-order valence-electron chi connectivity index (χ1n) is 10.7. The van der Waals surface area contributed by atoms with Crippen molar-refractivity contribution >= 4 is 57.6 Å². The second-order valence-electron chi connectivity index (χ2n) is 7.57. The molecule has 9 nitrogen and oxygen atoms in total. The summed E-state index contributed by atoms with van der Waals surface area (Å²) >= 11 is 5.62. The van der Waals surface area contributed by atoms with E-state index in [1.54, 1.807) is 45.2 Å². The maximum Gasteiger partial charge on any atom is 0.350 e. The molecular formula is C24H26N6O3S2. The number of ether oxygens (including phenoxy) is 1. The SMILES string of the molecule is CC#N.Cc1nc(NC(=O)CCC(S)Nc2nccc3ccc(C#N)cc23)sc1C(=O)OC(C)C. The summed E-state index contributed by atoms with van der Waals surface area (Å²) < 4.78 is 5.19. The first-order valence-corrected chi connectivity index (χ1v) is 12.0. The van der Waals surface area contributed by atoms with Crippen molar-refractivity contribution in [2.24, 2.45) is 0 Å². The summed E-state index contributed by atoms with van der Waals surface area (Å²) in [4.78, 5) is 33.4. The number of aryl methyl sites for hydroxylation is 1. The second kappa shape index (κ2) is 13.3. The van der Waals surface area contributed by atoms with Crippen molar-refractivity contribution in [2.75, 3.05) is 10.6 Å². The van der Waals surface area contributed by atoms with Crippen LogP contribution in [0.5, 0.6) is 0 Å². The number of fused-ring (bicyclic) bond motifs is 1. The summed E-state index contributed by atoms with van der Waals surface area (Å²) in [6, 6.07) is 11.1. The van der Waals surface area contributed by atoms with E-state index in [-0.39, 0.29) is 23.8 Å². The highest BCUT2D eigenvalue weighted by Gasteiger charge is 2.19. The first-order chi connectivity index (χ1) is 16.7. The van der Waals surface area contributed by atoms with Crippen molar-refractivity contribution in [3.05, 3.63) is 46.6 Å². The lowest BCUT2D eigenvalue weighted by molar-refractivity contribution is -0.116. The Labute approximate surface area is 213 Å². The summed E-state index contributed by atoms with van der Waals surface area (Å²) in [5.41, 5.74) is 1.06. The fourth-order valence-electron chi connectivity index (χ4n) is 2.94. The van der Waals surface area contributed by atoms with Crippen LogP contribution in [0.4, 0.5) is 10.9 Å². The van der Waals surface area contributed by atoms with Crippen LogP contribution in [0.25, 0.3) is 10.8 Å². The van der Waals surface area contributed by atoms with E-state index in [2.05, 4.69) is 39.3 Å². The van der Waals surface area contributed by atoms with Crippen LogP contribution in [0.3, 0.4) is 0 Å². The molecule has 3 aromatic rings. The number of aromatic nitrogens is 2. The first kappa shape index (κ1) is 27.6. The highest BCUT2D eigenvalue weighted by Crippen LogP contribution is 2.25. The lowest BCUT2D eigenvalue weighted by Crippen LogP contribution is -2.18. The number of carbonyl (C=O) groups is 2. The van der Waals surface area contributed by atoms with E-state index in [0.717, 1.165) is 22.1 Å². The number of anilines is 2. The highest BCUT2D eigenvalue weighted by molar-refractivity contribution is 7.81. The van der Waals surface area contributed by atoms with Gasteiger partial charge in [0.05, 0.1) is 34.9 Å². The van der Waals surface area contributed by atoms with Crippen LogP contribution in [-0.2, 0) is 9.53 Å². The number of carbonyl (C=O) groups excluding carboxylic acids is 2. The zero-order valence-corrected chi connectivity index (χ0v) is 21.5. The van der Waals surface area contributed by atoms with Crippen LogP contribution >= 0.6 is 24.0 Å². The summed E-state index contributed by atoms with van der Waals surface area (Å²) in [6.45, 7) is 6.68. The van der Waals surface area contributed by atoms with Crippen LogP contribution in [0.15, 0.2) is 30.5 Å². The van der Waals surface area contributed by atoms with Gasteiger partial charge in [0.1, 0.15) is 10.7 Å².